The molecule has 5 heteroatoms. The molecule has 1 fully saturated rings. The van der Waals surface area contributed by atoms with Gasteiger partial charge in [-0.25, -0.2) is 0 Å². The molecule has 2 unspecified atom stereocenters. The van der Waals surface area contributed by atoms with Gasteiger partial charge in [0.15, 0.2) is 0 Å². The number of rotatable bonds is 5. The van der Waals surface area contributed by atoms with Gasteiger partial charge in [0, 0.05) is 49.6 Å². The van der Waals surface area contributed by atoms with Gasteiger partial charge >= 0.3 is 0 Å². The number of piperazine rings is 1. The molecule has 5 nitrogen and oxygen atoms in total. The van der Waals surface area contributed by atoms with E-state index in [0.717, 1.165) is 54.5 Å². The minimum Gasteiger partial charge on any atom is -0.508 e. The van der Waals surface area contributed by atoms with Gasteiger partial charge in [-0.05, 0) is 30.7 Å². The summed E-state index contributed by atoms with van der Waals surface area (Å²) in [7, 11) is 0. The Balaban J connectivity index is 1.47. The van der Waals surface area contributed by atoms with E-state index < -0.39 is 6.10 Å². The molecule has 0 spiro atoms. The normalized spacial score (nSPS) is 17.9. The number of phenols is 1. The van der Waals surface area contributed by atoms with Gasteiger partial charge in [-0.2, -0.15) is 0 Å². The lowest BCUT2D eigenvalue weighted by atomic mass is 10.1. The fraction of sp³-hybridized carbons (Fsp3) is 0.308. The second kappa shape index (κ2) is 8.35. The zero-order valence-electron chi connectivity index (χ0n) is 17.9. The molecule has 5 rings (SSSR count). The predicted octanol–water partition coefficient (Wildman–Crippen LogP) is 4.20. The molecule has 3 aromatic carbocycles. The zero-order valence-corrected chi connectivity index (χ0v) is 17.9. The van der Waals surface area contributed by atoms with E-state index in [2.05, 4.69) is 56.8 Å². The number of nitrogens with zero attached hydrogens (tertiary/aromatic N) is 3. The van der Waals surface area contributed by atoms with Crippen molar-refractivity contribution in [2.45, 2.75) is 25.7 Å². The van der Waals surface area contributed by atoms with Crippen LogP contribution in [0.15, 0.2) is 72.8 Å². The summed E-state index contributed by atoms with van der Waals surface area (Å²) in [6, 6.07) is 24.4. The smallest absolute Gasteiger partial charge is 0.117 e. The Kier molecular flexibility index (Phi) is 5.40. The van der Waals surface area contributed by atoms with Gasteiger partial charge in [0.1, 0.15) is 11.9 Å². The topological polar surface area (TPSA) is 51.9 Å². The predicted molar refractivity (Wildman–Crippen MR) is 125 cm³/mol. The van der Waals surface area contributed by atoms with Crippen molar-refractivity contribution < 1.29 is 10.2 Å². The average molecular weight is 416 g/mol. The van der Waals surface area contributed by atoms with Crippen molar-refractivity contribution in [1.82, 2.24) is 14.4 Å². The molecule has 0 amide bonds. The Morgan fingerprint density at radius 1 is 0.806 bits per heavy atom. The van der Waals surface area contributed by atoms with E-state index in [9.17, 15) is 10.2 Å². The van der Waals surface area contributed by atoms with Gasteiger partial charge in [-0.3, -0.25) is 9.80 Å². The molecule has 0 aliphatic carbocycles. The van der Waals surface area contributed by atoms with Gasteiger partial charge in [0.05, 0.1) is 17.1 Å². The number of aliphatic hydroxyl groups is 1. The van der Waals surface area contributed by atoms with Crippen LogP contribution in [0.25, 0.3) is 21.8 Å². The second-order valence-corrected chi connectivity index (χ2v) is 8.54. The number of benzene rings is 3. The van der Waals surface area contributed by atoms with E-state index in [4.69, 9.17) is 0 Å². The molecule has 0 bridgehead atoms. The number of aliphatic hydroxyl groups excluding tert-OH is 1. The molecule has 0 radical (unpaired) electrons. The maximum Gasteiger partial charge on any atom is 0.117 e. The molecular formula is C26H29N3O2. The van der Waals surface area contributed by atoms with E-state index in [1.54, 1.807) is 6.07 Å². The lowest BCUT2D eigenvalue weighted by molar-refractivity contribution is -0.00680. The number of para-hydroxylation sites is 1. The first-order valence-electron chi connectivity index (χ1n) is 11.0. The first-order valence-corrected chi connectivity index (χ1v) is 11.0. The molecule has 2 N–H and O–H groups in total. The second-order valence-electron chi connectivity index (χ2n) is 8.54. The largest absolute Gasteiger partial charge is 0.508 e. The highest BCUT2D eigenvalue weighted by molar-refractivity contribution is 6.08. The van der Waals surface area contributed by atoms with Crippen molar-refractivity contribution in [3.8, 4) is 5.75 Å². The highest BCUT2D eigenvalue weighted by Crippen LogP contribution is 2.36. The summed E-state index contributed by atoms with van der Waals surface area (Å²) in [6.07, 6.45) is -0.745. The van der Waals surface area contributed by atoms with Gasteiger partial charge in [-0.1, -0.05) is 48.5 Å². The number of phenolic OH excluding ortho intramolecular Hbond substituents is 1. The van der Waals surface area contributed by atoms with E-state index >= 15 is 0 Å². The van der Waals surface area contributed by atoms with Crippen LogP contribution in [-0.2, 0) is 6.54 Å². The Morgan fingerprint density at radius 3 is 2.23 bits per heavy atom. The highest BCUT2D eigenvalue weighted by Gasteiger charge is 2.30. The van der Waals surface area contributed by atoms with Crippen LogP contribution in [0.4, 0.5) is 0 Å². The van der Waals surface area contributed by atoms with E-state index in [1.165, 1.54) is 5.56 Å². The van der Waals surface area contributed by atoms with Crippen LogP contribution in [0, 0.1) is 0 Å². The van der Waals surface area contributed by atoms with Crippen molar-refractivity contribution in [2.24, 2.45) is 0 Å². The summed E-state index contributed by atoms with van der Waals surface area (Å²) >= 11 is 0. The third kappa shape index (κ3) is 3.81. The molecule has 1 aliphatic rings. The van der Waals surface area contributed by atoms with Crippen LogP contribution in [0.3, 0.4) is 0 Å². The van der Waals surface area contributed by atoms with Gasteiger partial charge in [-0.15, -0.1) is 0 Å². The maximum atomic E-state index is 10.9. The molecule has 0 saturated carbocycles. The fourth-order valence-corrected chi connectivity index (χ4v) is 4.99. The summed E-state index contributed by atoms with van der Waals surface area (Å²) in [6.45, 7) is 6.51. The van der Waals surface area contributed by atoms with Crippen molar-refractivity contribution in [1.29, 1.82) is 0 Å². The van der Waals surface area contributed by atoms with E-state index in [1.807, 2.05) is 31.2 Å². The molecule has 1 aliphatic heterocycles. The number of fused-ring (bicyclic) bond motifs is 3. The Bertz CT molecular complexity index is 1180. The van der Waals surface area contributed by atoms with Crippen LogP contribution in [0.1, 0.15) is 18.7 Å². The fourth-order valence-electron chi connectivity index (χ4n) is 4.99. The third-order valence-corrected chi connectivity index (χ3v) is 6.42. The molecule has 31 heavy (non-hydrogen) atoms. The lowest BCUT2D eigenvalue weighted by Crippen LogP contribution is -2.50. The average Bonchev–Trinajstić information content (AvgIpc) is 3.09. The van der Waals surface area contributed by atoms with Gasteiger partial charge in [0.2, 0.25) is 0 Å². The minimum atomic E-state index is -0.554. The highest BCUT2D eigenvalue weighted by atomic mass is 16.3. The molecule has 2 atom stereocenters. The van der Waals surface area contributed by atoms with Crippen LogP contribution in [0.5, 0.6) is 5.75 Å². The number of aromatic nitrogens is 1. The monoisotopic (exact) mass is 415 g/mol. The molecule has 1 saturated heterocycles. The van der Waals surface area contributed by atoms with Crippen molar-refractivity contribution in [3.05, 3.63) is 78.4 Å². The first-order chi connectivity index (χ1) is 15.1. The maximum absolute atomic E-state index is 10.9. The van der Waals surface area contributed by atoms with Crippen LogP contribution in [-0.4, -0.2) is 56.9 Å². The molecular weight excluding hydrogens is 386 g/mol. The first kappa shape index (κ1) is 20.1. The van der Waals surface area contributed by atoms with Crippen molar-refractivity contribution in [2.75, 3.05) is 26.2 Å². The summed E-state index contributed by atoms with van der Waals surface area (Å²) in [5.41, 5.74) is 3.38. The number of hydrogen-bond donors (Lipinski definition) is 2. The van der Waals surface area contributed by atoms with Crippen LogP contribution >= 0.6 is 0 Å². The van der Waals surface area contributed by atoms with Crippen molar-refractivity contribution >= 4 is 21.8 Å². The molecule has 1 aromatic heterocycles. The van der Waals surface area contributed by atoms with Gasteiger partial charge < -0.3 is 14.8 Å². The Labute approximate surface area is 182 Å². The van der Waals surface area contributed by atoms with Crippen molar-refractivity contribution in [3.63, 3.8) is 0 Å². The zero-order chi connectivity index (χ0) is 21.4. The number of hydrogen-bond acceptors (Lipinski definition) is 4. The molecule has 160 valence electrons. The summed E-state index contributed by atoms with van der Waals surface area (Å²) in [5.74, 6) is 0.244. The summed E-state index contributed by atoms with van der Waals surface area (Å²) < 4.78 is 2.21. The van der Waals surface area contributed by atoms with E-state index in [-0.39, 0.29) is 11.9 Å². The van der Waals surface area contributed by atoms with Gasteiger partial charge in [0.25, 0.3) is 0 Å². The Morgan fingerprint density at radius 2 is 1.48 bits per heavy atom. The third-order valence-electron chi connectivity index (χ3n) is 6.42. The minimum absolute atomic E-state index is 0.192. The van der Waals surface area contributed by atoms with Crippen LogP contribution in [0.2, 0.25) is 0 Å². The SMILES string of the molecule is CC(O)C(N1CCN(Cc2ccccc2)CC1)n1c2ccccc2c2ccc(O)cc21. The summed E-state index contributed by atoms with van der Waals surface area (Å²) in [5, 5.41) is 23.3. The van der Waals surface area contributed by atoms with Crippen LogP contribution < -0.4 is 0 Å². The summed E-state index contributed by atoms with van der Waals surface area (Å²) in [4.78, 5) is 4.85. The number of aromatic hydroxyl groups is 1. The molecule has 4 aromatic rings. The standard InChI is InChI=1S/C26H29N3O2/c1-19(30)26(28-15-13-27(14-16-28)18-20-7-3-2-4-8-20)29-24-10-6-5-9-22(24)23-12-11-21(31)17-25(23)29/h2-12,17,19,26,30-31H,13-16,18H2,1H3. The van der Waals surface area contributed by atoms with E-state index in [0.29, 0.717) is 0 Å². The molecule has 2 heterocycles. The lowest BCUT2D eigenvalue weighted by Gasteiger charge is -2.41. The quantitative estimate of drug-likeness (QED) is 0.513. The Hall–Kier alpha value is -2.86.